The van der Waals surface area contributed by atoms with E-state index < -0.39 is 0 Å². The van der Waals surface area contributed by atoms with Gasteiger partial charge in [0.2, 0.25) is 0 Å². The van der Waals surface area contributed by atoms with Crippen molar-refractivity contribution in [2.75, 3.05) is 13.1 Å². The maximum Gasteiger partial charge on any atom is 0.0638 e. The van der Waals surface area contributed by atoms with E-state index in [0.29, 0.717) is 24.4 Å². The molecule has 3 heteroatoms. The summed E-state index contributed by atoms with van der Waals surface area (Å²) in [5, 5.41) is 8.65. The van der Waals surface area contributed by atoms with Crippen LogP contribution in [0.15, 0.2) is 0 Å². The molecule has 2 N–H and O–H groups in total. The van der Waals surface area contributed by atoms with Gasteiger partial charge in [-0.3, -0.25) is 4.90 Å². The van der Waals surface area contributed by atoms with Crippen molar-refractivity contribution in [1.29, 1.82) is 5.26 Å². The lowest BCUT2D eigenvalue weighted by Gasteiger charge is -2.24. The highest BCUT2D eigenvalue weighted by molar-refractivity contribution is 4.90. The Kier molecular flexibility index (Phi) is 3.71. The topological polar surface area (TPSA) is 53.0 Å². The molecule has 0 aromatic carbocycles. The van der Waals surface area contributed by atoms with Gasteiger partial charge < -0.3 is 5.73 Å². The fraction of sp³-hybridized carbons (Fsp3) is 0.900. The molecule has 74 valence electrons. The molecule has 1 aliphatic heterocycles. The highest BCUT2D eigenvalue weighted by Crippen LogP contribution is 2.20. The lowest BCUT2D eigenvalue weighted by atomic mass is 10.1. The molecule has 13 heavy (non-hydrogen) atoms. The van der Waals surface area contributed by atoms with E-state index in [4.69, 9.17) is 11.0 Å². The van der Waals surface area contributed by atoms with E-state index in [1.54, 1.807) is 0 Å². The zero-order valence-electron chi connectivity index (χ0n) is 8.53. The maximum atomic E-state index is 8.65. The monoisotopic (exact) mass is 181 g/mol. The van der Waals surface area contributed by atoms with Crippen molar-refractivity contribution in [2.24, 2.45) is 11.7 Å². The quantitative estimate of drug-likeness (QED) is 0.705. The Labute approximate surface area is 80.5 Å². The predicted molar refractivity (Wildman–Crippen MR) is 53.0 cm³/mol. The van der Waals surface area contributed by atoms with Crippen LogP contribution in [0, 0.1) is 17.2 Å². The molecule has 3 nitrogen and oxygen atoms in total. The Morgan fingerprint density at radius 2 is 2.31 bits per heavy atom. The molecule has 1 heterocycles. The molecule has 0 radical (unpaired) electrons. The summed E-state index contributed by atoms with van der Waals surface area (Å²) in [5.74, 6) is 0.577. The first kappa shape index (κ1) is 10.5. The van der Waals surface area contributed by atoms with Crippen molar-refractivity contribution in [2.45, 2.75) is 38.8 Å². The minimum Gasteiger partial charge on any atom is -0.326 e. The minimum absolute atomic E-state index is 0.299. The number of rotatable bonds is 3. The van der Waals surface area contributed by atoms with Crippen molar-refractivity contribution in [3.63, 3.8) is 0 Å². The highest BCUT2D eigenvalue weighted by Gasteiger charge is 2.30. The highest BCUT2D eigenvalue weighted by atomic mass is 15.2. The van der Waals surface area contributed by atoms with Gasteiger partial charge in [-0.1, -0.05) is 13.8 Å². The third-order valence-electron chi connectivity index (χ3n) is 3.01. The van der Waals surface area contributed by atoms with Crippen LogP contribution in [0.5, 0.6) is 0 Å². The average molecular weight is 181 g/mol. The molecule has 1 fully saturated rings. The second kappa shape index (κ2) is 4.59. The van der Waals surface area contributed by atoms with Crippen molar-refractivity contribution >= 4 is 0 Å². The number of hydrogen-bond acceptors (Lipinski definition) is 3. The summed E-state index contributed by atoms with van der Waals surface area (Å²) in [6.07, 6.45) is 1.68. The number of hydrogen-bond donors (Lipinski definition) is 1. The van der Waals surface area contributed by atoms with Crippen LogP contribution < -0.4 is 5.73 Å². The fourth-order valence-corrected chi connectivity index (χ4v) is 1.97. The maximum absolute atomic E-state index is 8.65. The van der Waals surface area contributed by atoms with Crippen molar-refractivity contribution < 1.29 is 0 Å². The molecular formula is C10H19N3. The molecule has 0 amide bonds. The van der Waals surface area contributed by atoms with Gasteiger partial charge >= 0.3 is 0 Å². The van der Waals surface area contributed by atoms with E-state index >= 15 is 0 Å². The van der Waals surface area contributed by atoms with Crippen LogP contribution in [-0.4, -0.2) is 30.1 Å². The van der Waals surface area contributed by atoms with Gasteiger partial charge in [-0.2, -0.15) is 5.26 Å². The van der Waals surface area contributed by atoms with E-state index in [9.17, 15) is 0 Å². The minimum atomic E-state index is 0.299. The van der Waals surface area contributed by atoms with Gasteiger partial charge in [0.05, 0.1) is 12.5 Å². The molecule has 0 bridgehead atoms. The average Bonchev–Trinajstić information content (AvgIpc) is 2.43. The van der Waals surface area contributed by atoms with Crippen LogP contribution >= 0.6 is 0 Å². The lowest BCUT2D eigenvalue weighted by Crippen LogP contribution is -2.35. The lowest BCUT2D eigenvalue weighted by molar-refractivity contribution is 0.231. The van der Waals surface area contributed by atoms with Crippen molar-refractivity contribution in [3.8, 4) is 6.07 Å². The summed E-state index contributed by atoms with van der Waals surface area (Å²) in [5.41, 5.74) is 5.93. The molecule has 0 aromatic heterocycles. The molecule has 1 aliphatic rings. The van der Waals surface area contributed by atoms with E-state index in [2.05, 4.69) is 24.8 Å². The van der Waals surface area contributed by atoms with Gasteiger partial charge in [-0.05, 0) is 12.3 Å². The smallest absolute Gasteiger partial charge is 0.0638 e. The molecule has 3 unspecified atom stereocenters. The van der Waals surface area contributed by atoms with Crippen LogP contribution in [-0.2, 0) is 0 Å². The molecule has 0 saturated carbocycles. The van der Waals surface area contributed by atoms with E-state index in [1.807, 2.05) is 0 Å². The summed E-state index contributed by atoms with van der Waals surface area (Å²) >= 11 is 0. The Hall–Kier alpha value is -0.590. The zero-order chi connectivity index (χ0) is 9.84. The van der Waals surface area contributed by atoms with Gasteiger partial charge in [0, 0.05) is 25.2 Å². The second-order valence-corrected chi connectivity index (χ2v) is 4.02. The number of nitriles is 1. The molecule has 0 aliphatic carbocycles. The molecule has 0 spiro atoms. The SMILES string of the molecule is CCC(CC#N)N1CC(C)C(N)C1. The first-order chi connectivity index (χ1) is 6.19. The van der Waals surface area contributed by atoms with Crippen LogP contribution in [0.4, 0.5) is 0 Å². The van der Waals surface area contributed by atoms with Gasteiger partial charge in [-0.15, -0.1) is 0 Å². The summed E-state index contributed by atoms with van der Waals surface area (Å²) in [7, 11) is 0. The first-order valence-corrected chi connectivity index (χ1v) is 5.05. The Morgan fingerprint density at radius 3 is 2.69 bits per heavy atom. The number of likely N-dealkylation sites (tertiary alicyclic amines) is 1. The first-order valence-electron chi connectivity index (χ1n) is 5.05. The van der Waals surface area contributed by atoms with Crippen molar-refractivity contribution in [1.82, 2.24) is 4.90 Å². The summed E-state index contributed by atoms with van der Waals surface area (Å²) < 4.78 is 0. The van der Waals surface area contributed by atoms with Crippen LogP contribution in [0.2, 0.25) is 0 Å². The van der Waals surface area contributed by atoms with E-state index in [0.717, 1.165) is 19.5 Å². The summed E-state index contributed by atoms with van der Waals surface area (Å²) in [6, 6.07) is 2.96. The number of nitrogens with two attached hydrogens (primary N) is 1. The third kappa shape index (κ3) is 2.43. The largest absolute Gasteiger partial charge is 0.326 e. The molecule has 0 aromatic rings. The van der Waals surface area contributed by atoms with Gasteiger partial charge in [0.1, 0.15) is 0 Å². The predicted octanol–water partition coefficient (Wildman–Crippen LogP) is 0.958. The zero-order valence-corrected chi connectivity index (χ0v) is 8.53. The Bertz CT molecular complexity index is 187. The van der Waals surface area contributed by atoms with Gasteiger partial charge in [0.25, 0.3) is 0 Å². The molecular weight excluding hydrogens is 162 g/mol. The van der Waals surface area contributed by atoms with E-state index in [-0.39, 0.29) is 0 Å². The Balaban J connectivity index is 2.48. The van der Waals surface area contributed by atoms with E-state index in [1.165, 1.54) is 0 Å². The normalized spacial score (nSPS) is 31.5. The molecule has 3 atom stereocenters. The molecule has 1 rings (SSSR count). The van der Waals surface area contributed by atoms with Gasteiger partial charge in [0.15, 0.2) is 0 Å². The summed E-state index contributed by atoms with van der Waals surface area (Å²) in [4.78, 5) is 2.36. The summed E-state index contributed by atoms with van der Waals surface area (Å²) in [6.45, 7) is 6.34. The van der Waals surface area contributed by atoms with Crippen LogP contribution in [0.3, 0.4) is 0 Å². The fourth-order valence-electron chi connectivity index (χ4n) is 1.97. The standard InChI is InChI=1S/C10H19N3/c1-3-9(4-5-11)13-6-8(2)10(12)7-13/h8-10H,3-4,6-7,12H2,1-2H3. The molecule has 1 saturated heterocycles. The number of nitrogens with zero attached hydrogens (tertiary/aromatic N) is 2. The second-order valence-electron chi connectivity index (χ2n) is 4.02. The van der Waals surface area contributed by atoms with Crippen LogP contribution in [0.1, 0.15) is 26.7 Å². The Morgan fingerprint density at radius 1 is 1.62 bits per heavy atom. The van der Waals surface area contributed by atoms with Gasteiger partial charge in [-0.25, -0.2) is 0 Å². The van der Waals surface area contributed by atoms with Crippen LogP contribution in [0.25, 0.3) is 0 Å². The van der Waals surface area contributed by atoms with Crippen molar-refractivity contribution in [3.05, 3.63) is 0 Å². The third-order valence-corrected chi connectivity index (χ3v) is 3.01.